The van der Waals surface area contributed by atoms with Gasteiger partial charge in [0, 0.05) is 32.1 Å². The molecule has 0 saturated carbocycles. The average molecular weight is 322 g/mol. The van der Waals surface area contributed by atoms with Crippen molar-refractivity contribution in [3.05, 3.63) is 29.8 Å². The topological polar surface area (TPSA) is 40.6 Å². The number of piperidine rings is 1. The van der Waals surface area contributed by atoms with Crippen LogP contribution in [0, 0.1) is 23.5 Å². The first-order chi connectivity index (χ1) is 11.0. The van der Waals surface area contributed by atoms with Crippen molar-refractivity contribution in [1.29, 1.82) is 0 Å². The fourth-order valence-electron chi connectivity index (χ4n) is 3.45. The molecule has 2 fully saturated rings. The summed E-state index contributed by atoms with van der Waals surface area (Å²) in [5.41, 5.74) is 0.0405. The second-order valence-corrected chi connectivity index (χ2v) is 6.53. The van der Waals surface area contributed by atoms with Crippen LogP contribution in [0.1, 0.15) is 26.2 Å². The smallest absolute Gasteiger partial charge is 0.228 e. The Balaban J connectivity index is 1.73. The maximum absolute atomic E-state index is 13.9. The highest BCUT2D eigenvalue weighted by Gasteiger charge is 2.38. The van der Waals surface area contributed by atoms with Gasteiger partial charge in [0.1, 0.15) is 11.6 Å². The number of likely N-dealkylation sites (tertiary alicyclic amines) is 1. The lowest BCUT2D eigenvalue weighted by molar-refractivity contribution is -0.137. The van der Waals surface area contributed by atoms with Gasteiger partial charge in [0.15, 0.2) is 0 Å². The summed E-state index contributed by atoms with van der Waals surface area (Å²) in [6.07, 6.45) is 2.17. The number of carbonyl (C=O) groups is 2. The summed E-state index contributed by atoms with van der Waals surface area (Å²) >= 11 is 0. The molecule has 2 saturated heterocycles. The SMILES string of the molecule is CC1CCCN(C(=O)C2CC(=O)N(c3ccc(F)cc3F)C2)C1. The highest BCUT2D eigenvalue weighted by Crippen LogP contribution is 2.29. The van der Waals surface area contributed by atoms with Crippen molar-refractivity contribution >= 4 is 17.5 Å². The molecule has 0 spiro atoms. The van der Waals surface area contributed by atoms with E-state index in [1.54, 1.807) is 0 Å². The standard InChI is InChI=1S/C17H20F2N2O2/c1-11-3-2-6-20(9-11)17(23)12-7-16(22)21(10-12)15-5-4-13(18)8-14(15)19/h4-5,8,11-12H,2-3,6-7,9-10H2,1H3. The lowest BCUT2D eigenvalue weighted by Gasteiger charge is -2.32. The van der Waals surface area contributed by atoms with Crippen LogP contribution in [0.25, 0.3) is 0 Å². The Labute approximate surface area is 134 Å². The van der Waals surface area contributed by atoms with E-state index in [-0.39, 0.29) is 30.5 Å². The number of rotatable bonds is 2. The van der Waals surface area contributed by atoms with E-state index >= 15 is 0 Å². The molecule has 4 nitrogen and oxygen atoms in total. The Morgan fingerprint density at radius 3 is 2.74 bits per heavy atom. The van der Waals surface area contributed by atoms with E-state index < -0.39 is 17.6 Å². The molecule has 0 aromatic heterocycles. The van der Waals surface area contributed by atoms with Crippen molar-refractivity contribution in [2.45, 2.75) is 26.2 Å². The van der Waals surface area contributed by atoms with Gasteiger partial charge in [-0.05, 0) is 30.9 Å². The molecule has 3 rings (SSSR count). The largest absolute Gasteiger partial charge is 0.342 e. The first kappa shape index (κ1) is 15.9. The van der Waals surface area contributed by atoms with Crippen LogP contribution in [0.4, 0.5) is 14.5 Å². The Kier molecular flexibility index (Phi) is 4.33. The second-order valence-electron chi connectivity index (χ2n) is 6.53. The minimum Gasteiger partial charge on any atom is -0.342 e. The molecular formula is C17H20F2N2O2. The third-order valence-corrected chi connectivity index (χ3v) is 4.64. The summed E-state index contributed by atoms with van der Waals surface area (Å²) in [4.78, 5) is 27.8. The van der Waals surface area contributed by atoms with Gasteiger partial charge in [0.25, 0.3) is 0 Å². The van der Waals surface area contributed by atoms with Gasteiger partial charge in [-0.3, -0.25) is 9.59 Å². The molecule has 2 aliphatic rings. The Hall–Kier alpha value is -1.98. The summed E-state index contributed by atoms with van der Waals surface area (Å²) in [5.74, 6) is -1.77. The fraction of sp³-hybridized carbons (Fsp3) is 0.529. The van der Waals surface area contributed by atoms with Crippen LogP contribution in [0.3, 0.4) is 0 Å². The van der Waals surface area contributed by atoms with Gasteiger partial charge in [0.05, 0.1) is 11.6 Å². The van der Waals surface area contributed by atoms with Crippen molar-refractivity contribution in [2.24, 2.45) is 11.8 Å². The lowest BCUT2D eigenvalue weighted by Crippen LogP contribution is -2.43. The molecule has 2 aliphatic heterocycles. The Morgan fingerprint density at radius 1 is 1.26 bits per heavy atom. The van der Waals surface area contributed by atoms with Crippen LogP contribution in [0.2, 0.25) is 0 Å². The van der Waals surface area contributed by atoms with E-state index in [4.69, 9.17) is 0 Å². The third kappa shape index (κ3) is 3.21. The monoisotopic (exact) mass is 322 g/mol. The maximum atomic E-state index is 13.9. The molecule has 0 radical (unpaired) electrons. The number of hydrogen-bond acceptors (Lipinski definition) is 2. The highest BCUT2D eigenvalue weighted by molar-refractivity contribution is 6.00. The van der Waals surface area contributed by atoms with Crippen molar-refractivity contribution in [1.82, 2.24) is 4.90 Å². The van der Waals surface area contributed by atoms with Crippen molar-refractivity contribution < 1.29 is 18.4 Å². The van der Waals surface area contributed by atoms with E-state index in [0.717, 1.165) is 31.5 Å². The predicted molar refractivity (Wildman–Crippen MR) is 81.8 cm³/mol. The van der Waals surface area contributed by atoms with Gasteiger partial charge in [-0.1, -0.05) is 6.92 Å². The summed E-state index contributed by atoms with van der Waals surface area (Å²) in [6, 6.07) is 3.12. The number of amides is 2. The predicted octanol–water partition coefficient (Wildman–Crippen LogP) is 2.58. The molecule has 6 heteroatoms. The van der Waals surface area contributed by atoms with Gasteiger partial charge >= 0.3 is 0 Å². The molecule has 1 aromatic carbocycles. The minimum atomic E-state index is -0.780. The first-order valence-corrected chi connectivity index (χ1v) is 8.00. The minimum absolute atomic E-state index is 0.0325. The quantitative estimate of drug-likeness (QED) is 0.840. The molecule has 0 aliphatic carbocycles. The van der Waals surface area contributed by atoms with Gasteiger partial charge in [-0.25, -0.2) is 8.78 Å². The number of carbonyl (C=O) groups excluding carboxylic acids is 2. The molecular weight excluding hydrogens is 302 g/mol. The van der Waals surface area contributed by atoms with E-state index in [2.05, 4.69) is 6.92 Å². The Morgan fingerprint density at radius 2 is 2.04 bits per heavy atom. The molecule has 1 aromatic rings. The lowest BCUT2D eigenvalue weighted by atomic mass is 9.98. The molecule has 0 bridgehead atoms. The number of anilines is 1. The zero-order valence-electron chi connectivity index (χ0n) is 13.1. The van der Waals surface area contributed by atoms with Crippen LogP contribution in [-0.4, -0.2) is 36.3 Å². The summed E-state index contributed by atoms with van der Waals surface area (Å²) in [5, 5.41) is 0. The van der Waals surface area contributed by atoms with Crippen molar-refractivity contribution in [3.63, 3.8) is 0 Å². The number of hydrogen-bond donors (Lipinski definition) is 0. The van der Waals surface area contributed by atoms with E-state index in [1.165, 1.54) is 11.0 Å². The molecule has 124 valence electrons. The third-order valence-electron chi connectivity index (χ3n) is 4.64. The normalized spacial score (nSPS) is 25.1. The van der Waals surface area contributed by atoms with E-state index in [9.17, 15) is 18.4 Å². The van der Waals surface area contributed by atoms with Gasteiger partial charge in [-0.15, -0.1) is 0 Å². The Bertz CT molecular complexity index is 635. The maximum Gasteiger partial charge on any atom is 0.228 e. The molecule has 0 N–H and O–H groups in total. The van der Waals surface area contributed by atoms with Crippen LogP contribution in [0.5, 0.6) is 0 Å². The second kappa shape index (κ2) is 6.26. The average Bonchev–Trinajstić information content (AvgIpc) is 2.88. The summed E-state index contributed by atoms with van der Waals surface area (Å²) < 4.78 is 26.9. The van der Waals surface area contributed by atoms with Crippen molar-refractivity contribution in [2.75, 3.05) is 24.5 Å². The van der Waals surface area contributed by atoms with Gasteiger partial charge in [-0.2, -0.15) is 0 Å². The van der Waals surface area contributed by atoms with Gasteiger partial charge in [0.2, 0.25) is 11.8 Å². The van der Waals surface area contributed by atoms with Crippen LogP contribution in [0.15, 0.2) is 18.2 Å². The van der Waals surface area contributed by atoms with Gasteiger partial charge < -0.3 is 9.80 Å². The van der Waals surface area contributed by atoms with Crippen LogP contribution < -0.4 is 4.90 Å². The highest BCUT2D eigenvalue weighted by atomic mass is 19.1. The number of nitrogens with zero attached hydrogens (tertiary/aromatic N) is 2. The zero-order chi connectivity index (χ0) is 16.6. The molecule has 2 amide bonds. The summed E-state index contributed by atoms with van der Waals surface area (Å²) in [7, 11) is 0. The van der Waals surface area contributed by atoms with Crippen LogP contribution >= 0.6 is 0 Å². The van der Waals surface area contributed by atoms with Crippen molar-refractivity contribution in [3.8, 4) is 0 Å². The zero-order valence-corrected chi connectivity index (χ0v) is 13.1. The number of benzene rings is 1. The summed E-state index contributed by atoms with van der Waals surface area (Å²) in [6.45, 7) is 3.71. The van der Waals surface area contributed by atoms with Crippen LogP contribution in [-0.2, 0) is 9.59 Å². The van der Waals surface area contributed by atoms with E-state index in [1.807, 2.05) is 4.90 Å². The molecule has 2 heterocycles. The fourth-order valence-corrected chi connectivity index (χ4v) is 3.45. The molecule has 23 heavy (non-hydrogen) atoms. The molecule has 2 unspecified atom stereocenters. The number of halogens is 2. The first-order valence-electron chi connectivity index (χ1n) is 8.00. The molecule has 2 atom stereocenters. The van der Waals surface area contributed by atoms with E-state index in [0.29, 0.717) is 12.5 Å².